The van der Waals surface area contributed by atoms with Crippen molar-refractivity contribution in [1.29, 1.82) is 0 Å². The molecule has 1 aliphatic heterocycles. The summed E-state index contributed by atoms with van der Waals surface area (Å²) in [6, 6.07) is 0. The maximum absolute atomic E-state index is 11.6. The molecule has 0 aromatic heterocycles. The molecule has 0 amide bonds. The van der Waals surface area contributed by atoms with Gasteiger partial charge in [-0.25, -0.2) is 0 Å². The van der Waals surface area contributed by atoms with Crippen LogP contribution in [0, 0.1) is 0 Å². The molecule has 0 aromatic carbocycles. The van der Waals surface area contributed by atoms with Gasteiger partial charge in [0.1, 0.15) is 5.54 Å². The van der Waals surface area contributed by atoms with Crippen LogP contribution in [-0.4, -0.2) is 50.8 Å². The molecule has 0 saturated carbocycles. The lowest BCUT2D eigenvalue weighted by Gasteiger charge is -2.39. The number of carbonyl (C=O) groups is 1. The number of carbonyl (C=O) groups excluding carboxylic acids is 1. The number of hydrogen-bond donors (Lipinski definition) is 0. The zero-order chi connectivity index (χ0) is 9.90. The van der Waals surface area contributed by atoms with E-state index in [0.717, 1.165) is 0 Å². The highest BCUT2D eigenvalue weighted by atomic mass is 16.5. The highest BCUT2D eigenvalue weighted by molar-refractivity contribution is 5.80. The molecule has 13 heavy (non-hydrogen) atoms. The smallest absolute Gasteiger partial charge is 0.326 e. The Hall–Kier alpha value is -0.610. The molecule has 1 saturated heterocycles. The summed E-state index contributed by atoms with van der Waals surface area (Å²) in [7, 11) is 5.24. The van der Waals surface area contributed by atoms with Crippen LogP contribution in [0.2, 0.25) is 0 Å². The van der Waals surface area contributed by atoms with Crippen molar-refractivity contribution in [2.75, 3.05) is 34.4 Å². The zero-order valence-corrected chi connectivity index (χ0v) is 8.50. The van der Waals surface area contributed by atoms with Gasteiger partial charge < -0.3 is 9.47 Å². The Morgan fingerprint density at radius 2 is 1.92 bits per heavy atom. The first-order valence-electron chi connectivity index (χ1n) is 4.47. The predicted octanol–water partition coefficient (Wildman–Crippen LogP) is 0.270. The van der Waals surface area contributed by atoms with Gasteiger partial charge in [0.25, 0.3) is 0 Å². The van der Waals surface area contributed by atoms with Crippen LogP contribution in [0.15, 0.2) is 0 Å². The van der Waals surface area contributed by atoms with Crippen LogP contribution in [-0.2, 0) is 14.3 Å². The van der Waals surface area contributed by atoms with Gasteiger partial charge in [0.05, 0.1) is 7.11 Å². The van der Waals surface area contributed by atoms with E-state index in [1.165, 1.54) is 7.11 Å². The van der Waals surface area contributed by atoms with Gasteiger partial charge >= 0.3 is 5.97 Å². The third kappa shape index (κ3) is 1.84. The highest BCUT2D eigenvalue weighted by Crippen LogP contribution is 2.26. The van der Waals surface area contributed by atoms with Crippen molar-refractivity contribution in [3.8, 4) is 0 Å². The Bertz CT molecular complexity index is 185. The lowest BCUT2D eigenvalue weighted by atomic mass is 9.89. The van der Waals surface area contributed by atoms with Crippen molar-refractivity contribution in [3.05, 3.63) is 0 Å². The minimum atomic E-state index is -0.465. The van der Waals surface area contributed by atoms with Crippen LogP contribution in [0.5, 0.6) is 0 Å². The van der Waals surface area contributed by atoms with Gasteiger partial charge in [-0.3, -0.25) is 9.69 Å². The van der Waals surface area contributed by atoms with Crippen LogP contribution >= 0.6 is 0 Å². The summed E-state index contributed by atoms with van der Waals surface area (Å²) in [4.78, 5) is 13.5. The average molecular weight is 187 g/mol. The third-order valence-corrected chi connectivity index (χ3v) is 2.74. The van der Waals surface area contributed by atoms with Crippen LogP contribution in [0.4, 0.5) is 0 Å². The monoisotopic (exact) mass is 187 g/mol. The average Bonchev–Trinajstić information content (AvgIpc) is 2.17. The normalized spacial score (nSPS) is 21.5. The lowest BCUT2D eigenvalue weighted by Crippen LogP contribution is -2.55. The van der Waals surface area contributed by atoms with E-state index >= 15 is 0 Å². The molecule has 0 N–H and O–H groups in total. The fourth-order valence-electron chi connectivity index (χ4n) is 1.73. The van der Waals surface area contributed by atoms with E-state index < -0.39 is 5.54 Å². The summed E-state index contributed by atoms with van der Waals surface area (Å²) in [5, 5.41) is 0. The summed E-state index contributed by atoms with van der Waals surface area (Å²) in [5.41, 5.74) is -0.465. The summed E-state index contributed by atoms with van der Waals surface area (Å²) < 4.78 is 10.1. The summed E-state index contributed by atoms with van der Waals surface area (Å²) in [6.07, 6.45) is 1.43. The molecule has 1 rings (SSSR count). The Morgan fingerprint density at radius 1 is 1.38 bits per heavy atom. The molecule has 1 heterocycles. The first-order valence-corrected chi connectivity index (χ1v) is 4.47. The van der Waals surface area contributed by atoms with Crippen molar-refractivity contribution < 1.29 is 14.3 Å². The van der Waals surface area contributed by atoms with Gasteiger partial charge in [-0.2, -0.15) is 0 Å². The number of ether oxygens (including phenoxy) is 2. The molecule has 0 bridgehead atoms. The Kier molecular flexibility index (Phi) is 3.27. The highest BCUT2D eigenvalue weighted by Gasteiger charge is 2.43. The number of methoxy groups -OCH3 is 1. The largest absolute Gasteiger partial charge is 0.468 e. The first-order chi connectivity index (χ1) is 6.13. The second kappa shape index (κ2) is 4.07. The number of rotatable bonds is 2. The maximum atomic E-state index is 11.6. The van der Waals surface area contributed by atoms with E-state index in [4.69, 9.17) is 9.47 Å². The maximum Gasteiger partial charge on any atom is 0.326 e. The molecule has 0 unspecified atom stereocenters. The minimum absolute atomic E-state index is 0.152. The van der Waals surface area contributed by atoms with Gasteiger partial charge in [0, 0.05) is 13.2 Å². The van der Waals surface area contributed by atoms with Crippen LogP contribution in [0.25, 0.3) is 0 Å². The molecule has 1 fully saturated rings. The topological polar surface area (TPSA) is 38.8 Å². The molecule has 0 atom stereocenters. The second-order valence-corrected chi connectivity index (χ2v) is 3.53. The van der Waals surface area contributed by atoms with Crippen molar-refractivity contribution in [2.45, 2.75) is 18.4 Å². The van der Waals surface area contributed by atoms with Crippen LogP contribution < -0.4 is 0 Å². The first kappa shape index (κ1) is 10.5. The number of likely N-dealkylation sites (N-methyl/N-ethyl adjacent to an activating group) is 1. The Labute approximate surface area is 78.8 Å². The summed E-state index contributed by atoms with van der Waals surface area (Å²) in [6.45, 7) is 1.26. The van der Waals surface area contributed by atoms with E-state index in [-0.39, 0.29) is 5.97 Å². The predicted molar refractivity (Wildman–Crippen MR) is 48.5 cm³/mol. The molecule has 1 aliphatic rings. The van der Waals surface area contributed by atoms with E-state index in [9.17, 15) is 4.79 Å². The number of hydrogen-bond acceptors (Lipinski definition) is 4. The van der Waals surface area contributed by atoms with Crippen molar-refractivity contribution in [3.63, 3.8) is 0 Å². The molecule has 4 nitrogen and oxygen atoms in total. The standard InChI is InChI=1S/C9H17NO3/c1-10(2)9(8(11)12-3)4-6-13-7-5-9/h4-7H2,1-3H3. The lowest BCUT2D eigenvalue weighted by molar-refractivity contribution is -0.159. The quantitative estimate of drug-likeness (QED) is 0.582. The molecule has 0 aromatic rings. The number of esters is 1. The van der Waals surface area contributed by atoms with Crippen LogP contribution in [0.1, 0.15) is 12.8 Å². The van der Waals surface area contributed by atoms with Gasteiger partial charge in [0.2, 0.25) is 0 Å². The molecule has 0 radical (unpaired) electrons. The second-order valence-electron chi connectivity index (χ2n) is 3.53. The van der Waals surface area contributed by atoms with E-state index in [2.05, 4.69) is 0 Å². The number of nitrogens with zero attached hydrogens (tertiary/aromatic N) is 1. The van der Waals surface area contributed by atoms with Crippen LogP contribution in [0.3, 0.4) is 0 Å². The molecule has 76 valence electrons. The van der Waals surface area contributed by atoms with Gasteiger partial charge in [-0.1, -0.05) is 0 Å². The zero-order valence-electron chi connectivity index (χ0n) is 8.50. The summed E-state index contributed by atoms with van der Waals surface area (Å²) in [5.74, 6) is -0.152. The van der Waals surface area contributed by atoms with E-state index in [0.29, 0.717) is 26.1 Å². The molecular formula is C9H17NO3. The molecule has 0 aliphatic carbocycles. The third-order valence-electron chi connectivity index (χ3n) is 2.74. The van der Waals surface area contributed by atoms with Crippen molar-refractivity contribution >= 4 is 5.97 Å². The molecular weight excluding hydrogens is 170 g/mol. The molecule has 4 heteroatoms. The fraction of sp³-hybridized carbons (Fsp3) is 0.889. The van der Waals surface area contributed by atoms with Crippen molar-refractivity contribution in [1.82, 2.24) is 4.90 Å². The Morgan fingerprint density at radius 3 is 2.31 bits per heavy atom. The Balaban J connectivity index is 2.79. The SMILES string of the molecule is COC(=O)C1(N(C)C)CCOCC1. The molecule has 0 spiro atoms. The fourth-order valence-corrected chi connectivity index (χ4v) is 1.73. The van der Waals surface area contributed by atoms with Gasteiger partial charge in [0.15, 0.2) is 0 Å². The van der Waals surface area contributed by atoms with Gasteiger partial charge in [-0.05, 0) is 26.9 Å². The summed E-state index contributed by atoms with van der Waals surface area (Å²) >= 11 is 0. The van der Waals surface area contributed by atoms with Crippen molar-refractivity contribution in [2.24, 2.45) is 0 Å². The van der Waals surface area contributed by atoms with E-state index in [1.807, 2.05) is 19.0 Å². The minimum Gasteiger partial charge on any atom is -0.468 e. The van der Waals surface area contributed by atoms with Gasteiger partial charge in [-0.15, -0.1) is 0 Å². The van der Waals surface area contributed by atoms with E-state index in [1.54, 1.807) is 0 Å².